The number of benzene rings is 1. The molecule has 23 heavy (non-hydrogen) atoms. The Kier molecular flexibility index (Phi) is 5.05. The van der Waals surface area contributed by atoms with E-state index in [2.05, 4.69) is 25.2 Å². The molecule has 0 saturated carbocycles. The normalized spacial score (nSPS) is 22.3. The summed E-state index contributed by atoms with van der Waals surface area (Å²) in [5.41, 5.74) is 2.53. The van der Waals surface area contributed by atoms with Gasteiger partial charge in [0.05, 0.1) is 12.9 Å². The summed E-state index contributed by atoms with van der Waals surface area (Å²) in [6, 6.07) is 3.54. The molecule has 2 rings (SSSR count). The summed E-state index contributed by atoms with van der Waals surface area (Å²) in [5, 5.41) is 23.9. The Bertz CT molecular complexity index is 648. The molecule has 0 saturated heterocycles. The second-order valence-corrected chi connectivity index (χ2v) is 6.21. The molecule has 2 atom stereocenters. The molecule has 1 aromatic carbocycles. The van der Waals surface area contributed by atoms with Crippen molar-refractivity contribution in [1.82, 2.24) is 5.32 Å². The minimum absolute atomic E-state index is 0.0293. The van der Waals surface area contributed by atoms with E-state index in [0.29, 0.717) is 6.42 Å². The van der Waals surface area contributed by atoms with Gasteiger partial charge in [-0.2, -0.15) is 0 Å². The van der Waals surface area contributed by atoms with Crippen molar-refractivity contribution < 1.29 is 14.9 Å². The molecular weight excluding hydrogens is 290 g/mol. The minimum atomic E-state index is -0.407. The summed E-state index contributed by atoms with van der Waals surface area (Å²) in [4.78, 5) is 0. The first-order chi connectivity index (χ1) is 10.9. The number of aryl methyl sites for hydroxylation is 1. The highest BCUT2D eigenvalue weighted by atomic mass is 16.5. The number of rotatable bonds is 5. The third-order valence-corrected chi connectivity index (χ3v) is 5.09. The SMILES string of the molecule is CCC1(c2c(C)ccc(O)c2O)CC(OC)=CC=C1C(C)NC. The predicted octanol–water partition coefficient (Wildman–Crippen LogP) is 3.52. The molecule has 0 bridgehead atoms. The molecule has 3 N–H and O–H groups in total. The highest BCUT2D eigenvalue weighted by molar-refractivity contribution is 5.58. The van der Waals surface area contributed by atoms with E-state index in [1.807, 2.05) is 26.1 Å². The molecule has 2 unspecified atom stereocenters. The van der Waals surface area contributed by atoms with Gasteiger partial charge in [0.1, 0.15) is 0 Å². The standard InChI is InChI=1S/C19H27NO3/c1-6-19(17-12(2)7-10-16(21)18(17)22)11-14(23-5)8-9-15(19)13(3)20-4/h7-10,13,20-22H,6,11H2,1-5H3. The predicted molar refractivity (Wildman–Crippen MR) is 92.8 cm³/mol. The maximum atomic E-state index is 10.6. The fraction of sp³-hybridized carbons (Fsp3) is 0.474. The highest BCUT2D eigenvalue weighted by Crippen LogP contribution is 2.51. The third kappa shape index (κ3) is 2.83. The maximum Gasteiger partial charge on any atom is 0.161 e. The van der Waals surface area contributed by atoms with E-state index in [1.165, 1.54) is 11.6 Å². The summed E-state index contributed by atoms with van der Waals surface area (Å²) in [7, 11) is 3.60. The Morgan fingerprint density at radius 2 is 2.00 bits per heavy atom. The Hall–Kier alpha value is -1.94. The van der Waals surface area contributed by atoms with Crippen molar-refractivity contribution in [2.45, 2.75) is 45.1 Å². The molecule has 0 amide bonds. The third-order valence-electron chi connectivity index (χ3n) is 5.09. The lowest BCUT2D eigenvalue weighted by Crippen LogP contribution is -2.40. The molecule has 1 aliphatic rings. The van der Waals surface area contributed by atoms with Crippen molar-refractivity contribution in [3.8, 4) is 11.5 Å². The van der Waals surface area contributed by atoms with Gasteiger partial charge < -0.3 is 20.3 Å². The summed E-state index contributed by atoms with van der Waals surface area (Å²) in [5.74, 6) is 0.767. The average molecular weight is 317 g/mol. The lowest BCUT2D eigenvalue weighted by molar-refractivity contribution is 0.243. The van der Waals surface area contributed by atoms with Crippen LogP contribution in [0.2, 0.25) is 0 Å². The smallest absolute Gasteiger partial charge is 0.161 e. The quantitative estimate of drug-likeness (QED) is 0.727. The number of phenolic OH excluding ortho intramolecular Hbond substituents is 2. The number of ether oxygens (including phenoxy) is 1. The fourth-order valence-corrected chi connectivity index (χ4v) is 3.68. The monoisotopic (exact) mass is 317 g/mol. The zero-order valence-corrected chi connectivity index (χ0v) is 14.6. The van der Waals surface area contributed by atoms with Gasteiger partial charge in [-0.25, -0.2) is 0 Å². The van der Waals surface area contributed by atoms with Crippen LogP contribution in [0.5, 0.6) is 11.5 Å². The number of phenols is 2. The van der Waals surface area contributed by atoms with E-state index < -0.39 is 5.41 Å². The largest absolute Gasteiger partial charge is 0.504 e. The number of likely N-dealkylation sites (N-methyl/N-ethyl adjacent to an activating group) is 1. The molecule has 1 aromatic rings. The van der Waals surface area contributed by atoms with E-state index in [9.17, 15) is 10.2 Å². The van der Waals surface area contributed by atoms with Gasteiger partial charge in [-0.3, -0.25) is 0 Å². The molecule has 0 aromatic heterocycles. The van der Waals surface area contributed by atoms with Crippen LogP contribution in [0.1, 0.15) is 37.8 Å². The second kappa shape index (κ2) is 6.67. The zero-order chi connectivity index (χ0) is 17.2. The van der Waals surface area contributed by atoms with Crippen LogP contribution in [0.25, 0.3) is 0 Å². The number of methoxy groups -OCH3 is 1. The number of aromatic hydroxyl groups is 2. The Labute approximate surface area is 138 Å². The van der Waals surface area contributed by atoms with Crippen molar-refractivity contribution in [2.75, 3.05) is 14.2 Å². The molecule has 1 aliphatic carbocycles. The highest BCUT2D eigenvalue weighted by Gasteiger charge is 2.42. The van der Waals surface area contributed by atoms with Gasteiger partial charge in [0, 0.05) is 23.4 Å². The van der Waals surface area contributed by atoms with E-state index in [0.717, 1.165) is 23.3 Å². The molecule has 126 valence electrons. The zero-order valence-electron chi connectivity index (χ0n) is 14.6. The van der Waals surface area contributed by atoms with Gasteiger partial charge in [-0.05, 0) is 50.6 Å². The topological polar surface area (TPSA) is 61.7 Å². The lowest BCUT2D eigenvalue weighted by atomic mass is 9.64. The fourth-order valence-electron chi connectivity index (χ4n) is 3.68. The van der Waals surface area contributed by atoms with Gasteiger partial charge in [-0.15, -0.1) is 0 Å². The van der Waals surface area contributed by atoms with Gasteiger partial charge in [0.15, 0.2) is 11.5 Å². The summed E-state index contributed by atoms with van der Waals surface area (Å²) < 4.78 is 5.49. The van der Waals surface area contributed by atoms with Crippen molar-refractivity contribution in [1.29, 1.82) is 0 Å². The van der Waals surface area contributed by atoms with Crippen molar-refractivity contribution in [3.05, 3.63) is 46.7 Å². The van der Waals surface area contributed by atoms with Gasteiger partial charge in [0.2, 0.25) is 0 Å². The van der Waals surface area contributed by atoms with E-state index in [1.54, 1.807) is 7.11 Å². The molecule has 0 aliphatic heterocycles. The van der Waals surface area contributed by atoms with Crippen molar-refractivity contribution >= 4 is 0 Å². The first kappa shape index (κ1) is 17.4. The molecule has 0 spiro atoms. The number of allylic oxidation sites excluding steroid dienone is 3. The first-order valence-electron chi connectivity index (χ1n) is 8.05. The molecule has 4 nitrogen and oxygen atoms in total. The molecule has 0 fully saturated rings. The molecular formula is C19H27NO3. The van der Waals surface area contributed by atoms with Crippen LogP contribution in [-0.4, -0.2) is 30.4 Å². The minimum Gasteiger partial charge on any atom is -0.504 e. The number of hydrogen-bond donors (Lipinski definition) is 3. The van der Waals surface area contributed by atoms with Crippen LogP contribution in [0.4, 0.5) is 0 Å². The van der Waals surface area contributed by atoms with Gasteiger partial charge in [0.25, 0.3) is 0 Å². The van der Waals surface area contributed by atoms with Crippen LogP contribution in [0.3, 0.4) is 0 Å². The van der Waals surface area contributed by atoms with Crippen molar-refractivity contribution in [3.63, 3.8) is 0 Å². The lowest BCUT2D eigenvalue weighted by Gasteiger charge is -2.42. The summed E-state index contributed by atoms with van der Waals surface area (Å²) >= 11 is 0. The van der Waals surface area contributed by atoms with E-state index in [-0.39, 0.29) is 17.5 Å². The number of hydrogen-bond acceptors (Lipinski definition) is 4. The average Bonchev–Trinajstić information content (AvgIpc) is 2.57. The maximum absolute atomic E-state index is 10.6. The summed E-state index contributed by atoms with van der Waals surface area (Å²) in [6.45, 7) is 6.19. The van der Waals surface area contributed by atoms with E-state index in [4.69, 9.17) is 4.74 Å². The van der Waals surface area contributed by atoms with Gasteiger partial charge in [-0.1, -0.05) is 19.1 Å². The molecule has 0 heterocycles. The Morgan fingerprint density at radius 1 is 1.30 bits per heavy atom. The first-order valence-corrected chi connectivity index (χ1v) is 8.05. The van der Waals surface area contributed by atoms with Crippen LogP contribution >= 0.6 is 0 Å². The molecule has 0 radical (unpaired) electrons. The number of nitrogens with one attached hydrogen (secondary N) is 1. The van der Waals surface area contributed by atoms with E-state index >= 15 is 0 Å². The van der Waals surface area contributed by atoms with Crippen molar-refractivity contribution in [2.24, 2.45) is 0 Å². The second-order valence-electron chi connectivity index (χ2n) is 6.21. The Morgan fingerprint density at radius 3 is 2.57 bits per heavy atom. The Balaban J connectivity index is 2.74. The summed E-state index contributed by atoms with van der Waals surface area (Å²) in [6.07, 6.45) is 5.53. The van der Waals surface area contributed by atoms with Crippen LogP contribution in [-0.2, 0) is 10.2 Å². The van der Waals surface area contributed by atoms with Gasteiger partial charge >= 0.3 is 0 Å². The van der Waals surface area contributed by atoms with Crippen LogP contribution in [0, 0.1) is 6.92 Å². The molecule has 4 heteroatoms. The van der Waals surface area contributed by atoms with Crippen LogP contribution < -0.4 is 5.32 Å². The van der Waals surface area contributed by atoms with Crippen LogP contribution in [0.15, 0.2) is 35.6 Å².